The summed E-state index contributed by atoms with van der Waals surface area (Å²) in [6.45, 7) is 20.0. The third-order valence-electron chi connectivity index (χ3n) is 12.9. The van der Waals surface area contributed by atoms with Gasteiger partial charge in [0.1, 0.15) is 26.9 Å². The second-order valence-electron chi connectivity index (χ2n) is 18.6. The highest BCUT2D eigenvalue weighted by atomic mass is 79.9. The Balaban J connectivity index is 0.000000302. The van der Waals surface area contributed by atoms with Crippen molar-refractivity contribution in [2.75, 3.05) is 16.8 Å². The van der Waals surface area contributed by atoms with Crippen LogP contribution in [0, 0.1) is 30.3 Å². The van der Waals surface area contributed by atoms with Crippen LogP contribution in [0.15, 0.2) is 245 Å². The van der Waals surface area contributed by atoms with Gasteiger partial charge in [0, 0.05) is 67.5 Å². The van der Waals surface area contributed by atoms with E-state index in [9.17, 15) is 54.6 Å². The van der Waals surface area contributed by atoms with Gasteiger partial charge in [-0.1, -0.05) is 184 Å². The molecule has 0 aliphatic carbocycles. The number of nitro benzene ring substituents is 3. The summed E-state index contributed by atoms with van der Waals surface area (Å²) >= 11 is 2.86. The lowest BCUT2D eigenvalue weighted by molar-refractivity contribution is -0.385. The molecule has 0 fully saturated rings. The number of non-ortho nitro benzene ring substituents is 1. The number of carboxylic acid groups (broad SMARTS) is 2. The highest BCUT2D eigenvalue weighted by molar-refractivity contribution is 9.10. The number of nitrogens with zero attached hydrogens (tertiary/aromatic N) is 4. The molecule has 0 radical (unpaired) electrons. The topological polar surface area (TPSA) is 367 Å². The van der Waals surface area contributed by atoms with Gasteiger partial charge in [-0.3, -0.25) is 39.9 Å². The van der Waals surface area contributed by atoms with Crippen LogP contribution < -0.4 is 27.6 Å². The molecule has 0 aliphatic rings. The number of carbonyl (C=O) groups is 2. The average Bonchev–Trinajstić information content (AvgIpc) is 0.786. The molecule has 10 N–H and O–H groups in total. The first-order chi connectivity index (χ1) is 47.3. The smallest absolute Gasteiger partial charge is 0.338 e. The zero-order valence-corrected chi connectivity index (χ0v) is 57.3. The van der Waals surface area contributed by atoms with Gasteiger partial charge in [0.15, 0.2) is 10.9 Å². The van der Waals surface area contributed by atoms with E-state index in [1.54, 1.807) is 84.9 Å². The molecule has 23 heteroatoms. The number of halogens is 1. The average molecular weight is 1390 g/mol. The fraction of sp³-hybridized carbons (Fsp3) is 0.133. The number of phenolic OH excluding ortho intramolecular Hbond substituents is 1. The molecule has 13 aromatic rings. The summed E-state index contributed by atoms with van der Waals surface area (Å²) < 4.78 is -0.00694. The molecule has 0 spiro atoms. The molecule has 98 heavy (non-hydrogen) atoms. The zero-order chi connectivity index (χ0) is 73.0. The number of rotatable bonds is 7. The minimum absolute atomic E-state index is 0.00694. The van der Waals surface area contributed by atoms with Gasteiger partial charge in [0.05, 0.1) is 48.0 Å². The zero-order valence-electron chi connectivity index (χ0n) is 55.7. The Morgan fingerprint density at radius 1 is 0.459 bits per heavy atom. The summed E-state index contributed by atoms with van der Waals surface area (Å²) in [4.78, 5) is 87.2. The van der Waals surface area contributed by atoms with Gasteiger partial charge in [-0.15, -0.1) is 0 Å². The van der Waals surface area contributed by atoms with Crippen molar-refractivity contribution in [1.29, 1.82) is 0 Å². The van der Waals surface area contributed by atoms with Crippen molar-refractivity contribution >= 4 is 133 Å². The predicted molar refractivity (Wildman–Crippen MR) is 401 cm³/mol. The number of H-pyrrole nitrogens is 2. The Morgan fingerprint density at radius 3 is 1.39 bits per heavy atom. The number of benzene rings is 10. The van der Waals surface area contributed by atoms with E-state index in [-0.39, 0.29) is 60.5 Å². The third kappa shape index (κ3) is 21.6. The number of nitrogen functional groups attached to an aromatic ring is 2. The number of hydrogen-bond acceptors (Lipinski definition) is 15. The van der Waals surface area contributed by atoms with Crippen molar-refractivity contribution in [2.24, 2.45) is 0 Å². The van der Waals surface area contributed by atoms with E-state index in [0.717, 1.165) is 27.5 Å². The number of hydrogen-bond donors (Lipinski definition) is 8. The fourth-order valence-corrected chi connectivity index (χ4v) is 9.36. The fourth-order valence-electron chi connectivity index (χ4n) is 8.78. The van der Waals surface area contributed by atoms with Gasteiger partial charge < -0.3 is 42.1 Å². The van der Waals surface area contributed by atoms with E-state index in [0.29, 0.717) is 49.5 Å². The summed E-state index contributed by atoms with van der Waals surface area (Å²) in [5.74, 6) is -2.18. The Morgan fingerprint density at radius 2 is 0.867 bits per heavy atom. The summed E-state index contributed by atoms with van der Waals surface area (Å²) in [5, 5.41) is 66.7. The number of aromatic amines is 2. The number of phenols is 1. The second-order valence-corrected chi connectivity index (χ2v) is 19.4. The van der Waals surface area contributed by atoms with Crippen molar-refractivity contribution in [3.63, 3.8) is 0 Å². The van der Waals surface area contributed by atoms with Crippen molar-refractivity contribution in [1.82, 2.24) is 15.0 Å². The molecule has 0 atom stereocenters. The number of pyridine rings is 3. The van der Waals surface area contributed by atoms with Crippen LogP contribution in [0.5, 0.6) is 5.75 Å². The van der Waals surface area contributed by atoms with Gasteiger partial charge in [-0.2, -0.15) is 0 Å². The number of anilines is 4. The molecule has 13 rings (SSSR count). The molecule has 0 unspecified atom stereocenters. The number of aromatic nitrogens is 3. The molecule has 0 amide bonds. The van der Waals surface area contributed by atoms with E-state index >= 15 is 0 Å². The number of aromatic carboxylic acids is 2. The molecule has 0 aliphatic heterocycles. The summed E-state index contributed by atoms with van der Waals surface area (Å²) in [5.41, 5.74) is 16.1. The van der Waals surface area contributed by atoms with Crippen molar-refractivity contribution in [3.05, 3.63) is 297 Å². The van der Waals surface area contributed by atoms with E-state index in [1.807, 2.05) is 166 Å². The number of carboxylic acids is 2. The maximum Gasteiger partial charge on any atom is 0.338 e. The monoisotopic (exact) mass is 1390 g/mol. The summed E-state index contributed by atoms with van der Waals surface area (Å²) in [6.07, 6.45) is 0. The standard InChI is InChI=1S/C13H10N2O4.C13H8N2O3.C13H10N2O.C13H9NO.C7H4BrNO4.C6H7N.5C2H6/c16-13(17)10-7-4-8-11(15(18)19)12(10)14-9-5-2-1-3-6-9;16-13-8-4-1-2-6-10(8)14-12-9(13)5-3-7-11(12)15(17)18;14-10-6-3-5-9-12(10)15-11-7-2-1-4-8(11)13(9)16;15-12-7-3-5-10-8-9-4-1-2-6-11(9)14-13(10)12;8-6-4(7(10)11)2-1-3-5(6)9(12)13;7-6-4-2-1-3-5-6;5*1-2/h1-8,14H,(H,16,17);1-7H,(H,14,16);1-7H,14H2,(H,15,16);1-8,15H;1-3H,(H,10,11);1-5H,7H2;5*1-2H3. The van der Waals surface area contributed by atoms with Crippen LogP contribution in [0.2, 0.25) is 0 Å². The number of nitro groups is 3. The Hall–Kier alpha value is -12.4. The lowest BCUT2D eigenvalue weighted by atomic mass is 10.1. The van der Waals surface area contributed by atoms with Crippen molar-refractivity contribution < 1.29 is 39.7 Å². The van der Waals surface area contributed by atoms with Crippen molar-refractivity contribution in [3.8, 4) is 5.75 Å². The normalized spacial score (nSPS) is 9.58. The number of aromatic hydroxyl groups is 1. The van der Waals surface area contributed by atoms with E-state index in [2.05, 4.69) is 36.2 Å². The van der Waals surface area contributed by atoms with Crippen LogP contribution in [0.4, 0.5) is 39.8 Å². The van der Waals surface area contributed by atoms with Crippen LogP contribution >= 0.6 is 15.9 Å². The minimum atomic E-state index is -1.22. The summed E-state index contributed by atoms with van der Waals surface area (Å²) in [7, 11) is 0. The van der Waals surface area contributed by atoms with Gasteiger partial charge in [0.25, 0.3) is 17.1 Å². The van der Waals surface area contributed by atoms with Crippen LogP contribution in [-0.2, 0) is 0 Å². The van der Waals surface area contributed by atoms with Gasteiger partial charge in [0.2, 0.25) is 0 Å². The van der Waals surface area contributed by atoms with Crippen LogP contribution in [0.25, 0.3) is 65.4 Å². The van der Waals surface area contributed by atoms with Gasteiger partial charge >= 0.3 is 11.9 Å². The van der Waals surface area contributed by atoms with Crippen LogP contribution in [0.1, 0.15) is 90.0 Å². The van der Waals surface area contributed by atoms with Crippen LogP contribution in [0.3, 0.4) is 0 Å². The molecule has 508 valence electrons. The number of nitrogens with one attached hydrogen (secondary N) is 3. The molecule has 0 saturated carbocycles. The minimum Gasteiger partial charge on any atom is -0.506 e. The molecule has 22 nitrogen and oxygen atoms in total. The van der Waals surface area contributed by atoms with Crippen LogP contribution in [-0.4, -0.2) is 57.0 Å². The first kappa shape index (κ1) is 79.9. The Kier molecular flexibility index (Phi) is 33.7. The van der Waals surface area contributed by atoms with Crippen molar-refractivity contribution in [2.45, 2.75) is 69.2 Å². The largest absolute Gasteiger partial charge is 0.506 e. The highest BCUT2D eigenvalue weighted by Crippen LogP contribution is 2.32. The second kappa shape index (κ2) is 41.4. The first-order valence-corrected chi connectivity index (χ1v) is 31.9. The van der Waals surface area contributed by atoms with Gasteiger partial charge in [-0.05, 0) is 113 Å². The molecule has 10 aromatic carbocycles. The summed E-state index contributed by atoms with van der Waals surface area (Å²) in [6, 6.07) is 65.6. The molecule has 3 heterocycles. The maximum absolute atomic E-state index is 12.2. The SMILES string of the molecule is CC.CC.CC.CC.CC.Nc1cccc2c(=O)c3ccccc3[nH]c12.Nc1ccccc1.O=C(O)c1cccc([N+](=O)[O-])c1Br.O=C(O)c1cccc([N+](=O)[O-])c1Nc1ccccc1.O=c1c2ccccc2[nH]c2c([N+](=O)[O-])cccc12.Oc1cccc2cc3ccccc3nc12. The lowest BCUT2D eigenvalue weighted by Gasteiger charge is -2.09. The highest BCUT2D eigenvalue weighted by Gasteiger charge is 2.22. The van der Waals surface area contributed by atoms with E-state index in [4.69, 9.17) is 21.7 Å². The molecule has 0 saturated heterocycles. The molecular weight excluding hydrogens is 1310 g/mol. The number of nitrogens with two attached hydrogens (primary N) is 2. The predicted octanol–water partition coefficient (Wildman–Crippen LogP) is 19.4. The maximum atomic E-state index is 12.2. The lowest BCUT2D eigenvalue weighted by Crippen LogP contribution is -2.05. The molecule has 3 aromatic heterocycles. The Labute approximate surface area is 573 Å². The van der Waals surface area contributed by atoms with Gasteiger partial charge in [-0.25, -0.2) is 14.6 Å². The number of fused-ring (bicyclic) bond motifs is 6. The Bertz CT molecular complexity index is 4840. The number of para-hydroxylation sites is 9. The van der Waals surface area contributed by atoms with E-state index < -0.39 is 26.7 Å². The molecular formula is C75H78BrN9O13. The van der Waals surface area contributed by atoms with E-state index in [1.165, 1.54) is 48.5 Å². The third-order valence-corrected chi connectivity index (χ3v) is 13.8. The quantitative estimate of drug-likeness (QED) is 0.0318. The molecule has 0 bridgehead atoms. The first-order valence-electron chi connectivity index (χ1n) is 31.1.